The lowest BCUT2D eigenvalue weighted by Crippen LogP contribution is -2.41. The highest BCUT2D eigenvalue weighted by atomic mass is 16.5. The molecule has 2 heteroatoms. The van der Waals surface area contributed by atoms with Gasteiger partial charge in [-0.15, -0.1) is 0 Å². The third kappa shape index (κ3) is 2.76. The van der Waals surface area contributed by atoms with Gasteiger partial charge in [-0.25, -0.2) is 0 Å². The number of hydrogen-bond acceptors (Lipinski definition) is 2. The molecule has 0 radical (unpaired) electrons. The number of rotatable bonds is 2. The van der Waals surface area contributed by atoms with Gasteiger partial charge in [-0.05, 0) is 40.7 Å². The van der Waals surface area contributed by atoms with Gasteiger partial charge in [0.05, 0.1) is 12.2 Å². The summed E-state index contributed by atoms with van der Waals surface area (Å²) < 4.78 is 5.78. The maximum absolute atomic E-state index is 5.78. The molecule has 0 aliphatic carbocycles. The monoisotopic (exact) mass is 171 g/mol. The summed E-state index contributed by atoms with van der Waals surface area (Å²) in [6.45, 7) is 7.68. The van der Waals surface area contributed by atoms with E-state index >= 15 is 0 Å². The third-order valence-electron chi connectivity index (χ3n) is 2.62. The second-order valence-corrected chi connectivity index (χ2v) is 4.16. The molecule has 0 amide bonds. The molecule has 72 valence electrons. The van der Waals surface area contributed by atoms with Crippen LogP contribution < -0.4 is 0 Å². The van der Waals surface area contributed by atoms with Gasteiger partial charge in [0.1, 0.15) is 0 Å². The molecule has 0 spiro atoms. The van der Waals surface area contributed by atoms with Gasteiger partial charge in [0, 0.05) is 12.6 Å². The van der Waals surface area contributed by atoms with Crippen LogP contribution in [-0.2, 0) is 4.74 Å². The zero-order chi connectivity index (χ0) is 9.14. The van der Waals surface area contributed by atoms with Crippen molar-refractivity contribution in [2.75, 3.05) is 13.6 Å². The molecule has 0 bridgehead atoms. The van der Waals surface area contributed by atoms with Gasteiger partial charge in [0.2, 0.25) is 0 Å². The largest absolute Gasteiger partial charge is 0.375 e. The highest BCUT2D eigenvalue weighted by Crippen LogP contribution is 2.19. The number of hydrogen-bond donors (Lipinski definition) is 0. The van der Waals surface area contributed by atoms with Crippen molar-refractivity contribution in [3.05, 3.63) is 0 Å². The van der Waals surface area contributed by atoms with Gasteiger partial charge in [0.15, 0.2) is 0 Å². The molecule has 0 unspecified atom stereocenters. The number of ether oxygens (including phenoxy) is 1. The smallest absolute Gasteiger partial charge is 0.0605 e. The van der Waals surface area contributed by atoms with Crippen LogP contribution in [0.1, 0.15) is 33.6 Å². The maximum Gasteiger partial charge on any atom is 0.0605 e. The molecule has 1 heterocycles. The summed E-state index contributed by atoms with van der Waals surface area (Å²) in [6.07, 6.45) is 3.26. The Kier molecular flexibility index (Phi) is 3.53. The van der Waals surface area contributed by atoms with E-state index in [1.165, 1.54) is 19.4 Å². The molecule has 2 atom stereocenters. The minimum Gasteiger partial charge on any atom is -0.375 e. The molecule has 0 saturated carbocycles. The van der Waals surface area contributed by atoms with E-state index in [-0.39, 0.29) is 0 Å². The van der Waals surface area contributed by atoms with Gasteiger partial charge in [-0.1, -0.05) is 0 Å². The van der Waals surface area contributed by atoms with Crippen LogP contribution in [0.3, 0.4) is 0 Å². The fourth-order valence-electron chi connectivity index (χ4n) is 1.75. The molecule has 0 aromatic heterocycles. The Bertz CT molecular complexity index is 136. The molecule has 2 nitrogen and oxygen atoms in total. The van der Waals surface area contributed by atoms with E-state index in [4.69, 9.17) is 4.74 Å². The van der Waals surface area contributed by atoms with Crippen molar-refractivity contribution >= 4 is 0 Å². The minimum atomic E-state index is 0.380. The van der Waals surface area contributed by atoms with Gasteiger partial charge in [-0.3, -0.25) is 0 Å². The lowest BCUT2D eigenvalue weighted by Gasteiger charge is -2.35. The van der Waals surface area contributed by atoms with Crippen molar-refractivity contribution < 1.29 is 4.74 Å². The van der Waals surface area contributed by atoms with E-state index in [1.807, 2.05) is 0 Å². The lowest BCUT2D eigenvalue weighted by molar-refractivity contribution is -0.0365. The predicted molar refractivity (Wildman–Crippen MR) is 51.3 cm³/mol. The quantitative estimate of drug-likeness (QED) is 0.629. The van der Waals surface area contributed by atoms with Crippen molar-refractivity contribution in [3.8, 4) is 0 Å². The van der Waals surface area contributed by atoms with Crippen molar-refractivity contribution in [2.45, 2.75) is 51.9 Å². The fourth-order valence-corrected chi connectivity index (χ4v) is 1.75. The van der Waals surface area contributed by atoms with Gasteiger partial charge in [0.25, 0.3) is 0 Å². The van der Waals surface area contributed by atoms with Crippen LogP contribution in [-0.4, -0.2) is 36.7 Å². The molecule has 1 aliphatic heterocycles. The Morgan fingerprint density at radius 1 is 1.42 bits per heavy atom. The van der Waals surface area contributed by atoms with Crippen LogP contribution in [0.2, 0.25) is 0 Å². The van der Waals surface area contributed by atoms with E-state index < -0.39 is 0 Å². The average Bonchev–Trinajstić information content (AvgIpc) is 1.96. The van der Waals surface area contributed by atoms with Gasteiger partial charge >= 0.3 is 0 Å². The number of nitrogens with zero attached hydrogens (tertiary/aromatic N) is 1. The standard InChI is InChI=1S/C10H21NO/c1-8(2)12-10-5-6-11(4)9(3)7-10/h8-10H,5-7H2,1-4H3/t9-,10-/m0/s1. The summed E-state index contributed by atoms with van der Waals surface area (Å²) in [5.74, 6) is 0. The number of likely N-dealkylation sites (tertiary alicyclic amines) is 1. The van der Waals surface area contributed by atoms with Crippen LogP contribution in [0.25, 0.3) is 0 Å². The lowest BCUT2D eigenvalue weighted by atomic mass is 10.0. The SMILES string of the molecule is CC(C)O[C@H]1CCN(C)[C@@H](C)C1. The Labute approximate surface area is 75.9 Å². The second kappa shape index (κ2) is 4.24. The third-order valence-corrected chi connectivity index (χ3v) is 2.62. The Morgan fingerprint density at radius 2 is 2.08 bits per heavy atom. The molecule has 1 aliphatic rings. The van der Waals surface area contributed by atoms with E-state index in [0.717, 1.165) is 0 Å². The maximum atomic E-state index is 5.78. The van der Waals surface area contributed by atoms with Crippen molar-refractivity contribution in [1.29, 1.82) is 0 Å². The molecule has 1 saturated heterocycles. The first-order chi connectivity index (χ1) is 5.59. The van der Waals surface area contributed by atoms with Crippen LogP contribution in [0.5, 0.6) is 0 Å². The van der Waals surface area contributed by atoms with Crippen molar-refractivity contribution in [2.24, 2.45) is 0 Å². The van der Waals surface area contributed by atoms with E-state index in [2.05, 4.69) is 32.7 Å². The van der Waals surface area contributed by atoms with Gasteiger partial charge < -0.3 is 9.64 Å². The van der Waals surface area contributed by atoms with Crippen molar-refractivity contribution in [3.63, 3.8) is 0 Å². The Hall–Kier alpha value is -0.0800. The van der Waals surface area contributed by atoms with Gasteiger partial charge in [-0.2, -0.15) is 0 Å². The molecule has 0 aromatic carbocycles. The molecule has 1 fully saturated rings. The second-order valence-electron chi connectivity index (χ2n) is 4.16. The highest BCUT2D eigenvalue weighted by Gasteiger charge is 2.23. The zero-order valence-electron chi connectivity index (χ0n) is 8.71. The Balaban J connectivity index is 2.30. The van der Waals surface area contributed by atoms with E-state index in [1.54, 1.807) is 0 Å². The summed E-state index contributed by atoms with van der Waals surface area (Å²) in [6, 6.07) is 0.683. The van der Waals surface area contributed by atoms with E-state index in [9.17, 15) is 0 Å². The predicted octanol–water partition coefficient (Wildman–Crippen LogP) is 1.89. The first-order valence-electron chi connectivity index (χ1n) is 4.95. The normalized spacial score (nSPS) is 32.8. The first kappa shape index (κ1) is 10.0. The van der Waals surface area contributed by atoms with Crippen LogP contribution >= 0.6 is 0 Å². The summed E-state index contributed by atoms with van der Waals surface area (Å²) in [7, 11) is 2.19. The first-order valence-corrected chi connectivity index (χ1v) is 4.95. The molecule has 0 aromatic rings. The highest BCUT2D eigenvalue weighted by molar-refractivity contribution is 4.77. The summed E-state index contributed by atoms with van der Waals surface area (Å²) in [5, 5.41) is 0. The van der Waals surface area contributed by atoms with Crippen LogP contribution in [0.4, 0.5) is 0 Å². The molecular formula is C10H21NO. The summed E-state index contributed by atoms with van der Waals surface area (Å²) >= 11 is 0. The summed E-state index contributed by atoms with van der Waals surface area (Å²) in [5.41, 5.74) is 0. The minimum absolute atomic E-state index is 0.380. The van der Waals surface area contributed by atoms with Crippen LogP contribution in [0.15, 0.2) is 0 Å². The Morgan fingerprint density at radius 3 is 2.58 bits per heavy atom. The van der Waals surface area contributed by atoms with E-state index in [0.29, 0.717) is 18.2 Å². The fraction of sp³-hybridized carbons (Fsp3) is 1.00. The summed E-state index contributed by atoms with van der Waals surface area (Å²) in [4.78, 5) is 2.40. The van der Waals surface area contributed by atoms with Crippen molar-refractivity contribution in [1.82, 2.24) is 4.90 Å². The number of piperidine rings is 1. The van der Waals surface area contributed by atoms with Crippen LogP contribution in [0, 0.1) is 0 Å². The molecule has 0 N–H and O–H groups in total. The molecule has 12 heavy (non-hydrogen) atoms. The average molecular weight is 171 g/mol. The topological polar surface area (TPSA) is 12.5 Å². The molecular weight excluding hydrogens is 150 g/mol. The molecule has 1 rings (SSSR count). The zero-order valence-corrected chi connectivity index (χ0v) is 8.71.